The quantitative estimate of drug-likeness (QED) is 0.731. The number of carbonyl (C=O) groups is 1. The molecule has 0 spiro atoms. The molecule has 0 saturated carbocycles. The maximum Gasteiger partial charge on any atom is 0.247 e. The first-order valence-electron chi connectivity index (χ1n) is 8.53. The molecule has 4 rings (SSSR count). The zero-order valence-corrected chi connectivity index (χ0v) is 13.8. The van der Waals surface area contributed by atoms with Crippen LogP contribution in [0, 0.1) is 0 Å². The van der Waals surface area contributed by atoms with Gasteiger partial charge >= 0.3 is 0 Å². The Balaban J connectivity index is 1.52. The van der Waals surface area contributed by atoms with E-state index in [-0.39, 0.29) is 11.9 Å². The van der Waals surface area contributed by atoms with Gasteiger partial charge in [0.05, 0.1) is 6.42 Å². The number of hydrogen-bond donors (Lipinski definition) is 0. The predicted octanol–water partition coefficient (Wildman–Crippen LogP) is 3.64. The maximum absolute atomic E-state index is 12.7. The lowest BCUT2D eigenvalue weighted by Crippen LogP contribution is -2.32. The summed E-state index contributed by atoms with van der Waals surface area (Å²) in [4.78, 5) is 14.6. The predicted molar refractivity (Wildman–Crippen MR) is 93.6 cm³/mol. The molecule has 1 aliphatic rings. The molecule has 1 saturated heterocycles. The third kappa shape index (κ3) is 3.31. The van der Waals surface area contributed by atoms with Crippen LogP contribution in [0.1, 0.15) is 30.3 Å². The Morgan fingerprint density at radius 3 is 2.52 bits per heavy atom. The van der Waals surface area contributed by atoms with Crippen LogP contribution in [0.4, 0.5) is 0 Å². The number of hydrogen-bond acceptors (Lipinski definition) is 4. The minimum absolute atomic E-state index is 0.105. The molecular formula is C20H19N3O2. The van der Waals surface area contributed by atoms with Crippen LogP contribution >= 0.6 is 0 Å². The van der Waals surface area contributed by atoms with E-state index < -0.39 is 0 Å². The molecule has 1 amide bonds. The molecule has 126 valence electrons. The fraction of sp³-hybridized carbons (Fsp3) is 0.250. The summed E-state index contributed by atoms with van der Waals surface area (Å²) in [5.74, 6) is 1.13. The van der Waals surface area contributed by atoms with Gasteiger partial charge in [-0.3, -0.25) is 4.79 Å². The summed E-state index contributed by atoms with van der Waals surface area (Å²) in [5.41, 5.74) is 1.91. The first-order chi connectivity index (χ1) is 12.3. The largest absolute Gasteiger partial charge is 0.418 e. The number of likely N-dealkylation sites (tertiary alicyclic amines) is 1. The number of aromatic nitrogens is 2. The lowest BCUT2D eigenvalue weighted by Gasteiger charge is -2.22. The second-order valence-electron chi connectivity index (χ2n) is 6.22. The van der Waals surface area contributed by atoms with E-state index in [1.165, 1.54) is 0 Å². The Morgan fingerprint density at radius 2 is 1.76 bits per heavy atom. The van der Waals surface area contributed by atoms with Gasteiger partial charge in [-0.05, 0) is 30.5 Å². The average molecular weight is 333 g/mol. The van der Waals surface area contributed by atoms with E-state index in [0.717, 1.165) is 30.5 Å². The van der Waals surface area contributed by atoms with Gasteiger partial charge in [-0.2, -0.15) is 0 Å². The van der Waals surface area contributed by atoms with Crippen molar-refractivity contribution in [1.82, 2.24) is 15.1 Å². The van der Waals surface area contributed by atoms with Crippen molar-refractivity contribution in [2.24, 2.45) is 0 Å². The molecule has 5 nitrogen and oxygen atoms in total. The van der Waals surface area contributed by atoms with Crippen molar-refractivity contribution in [3.8, 4) is 11.5 Å². The molecule has 0 radical (unpaired) electrons. The average Bonchev–Trinajstić information content (AvgIpc) is 3.32. The Kier molecular flexibility index (Phi) is 4.29. The number of carbonyl (C=O) groups excluding carboxylic acids is 1. The van der Waals surface area contributed by atoms with E-state index in [1.807, 2.05) is 65.6 Å². The summed E-state index contributed by atoms with van der Waals surface area (Å²) < 4.78 is 5.87. The Morgan fingerprint density at radius 1 is 1.04 bits per heavy atom. The first kappa shape index (κ1) is 15.6. The van der Waals surface area contributed by atoms with Crippen LogP contribution in [-0.2, 0) is 11.2 Å². The number of benzene rings is 2. The van der Waals surface area contributed by atoms with E-state index in [2.05, 4.69) is 10.2 Å². The van der Waals surface area contributed by atoms with Crippen LogP contribution in [0.3, 0.4) is 0 Å². The summed E-state index contributed by atoms with van der Waals surface area (Å²) in [6.07, 6.45) is 2.21. The number of nitrogens with zero attached hydrogens (tertiary/aromatic N) is 3. The second kappa shape index (κ2) is 6.89. The van der Waals surface area contributed by atoms with Crippen molar-refractivity contribution in [3.63, 3.8) is 0 Å². The fourth-order valence-corrected chi connectivity index (χ4v) is 3.26. The lowest BCUT2D eigenvalue weighted by atomic mass is 10.1. The van der Waals surface area contributed by atoms with Crippen LogP contribution in [-0.4, -0.2) is 27.5 Å². The molecule has 1 atom stereocenters. The van der Waals surface area contributed by atoms with Crippen molar-refractivity contribution in [3.05, 3.63) is 72.1 Å². The lowest BCUT2D eigenvalue weighted by molar-refractivity contribution is -0.131. The highest BCUT2D eigenvalue weighted by Crippen LogP contribution is 2.33. The molecule has 1 aliphatic heterocycles. The fourth-order valence-electron chi connectivity index (χ4n) is 3.26. The van der Waals surface area contributed by atoms with Crippen LogP contribution in [0.5, 0.6) is 0 Å². The molecule has 0 bridgehead atoms. The molecule has 25 heavy (non-hydrogen) atoms. The topological polar surface area (TPSA) is 59.2 Å². The van der Waals surface area contributed by atoms with Gasteiger partial charge in [0.15, 0.2) is 0 Å². The van der Waals surface area contributed by atoms with Gasteiger partial charge in [-0.15, -0.1) is 10.2 Å². The van der Waals surface area contributed by atoms with Gasteiger partial charge in [-0.1, -0.05) is 48.5 Å². The van der Waals surface area contributed by atoms with Crippen LogP contribution < -0.4 is 0 Å². The van der Waals surface area contributed by atoms with Gasteiger partial charge in [-0.25, -0.2) is 0 Å². The Hall–Kier alpha value is -2.95. The summed E-state index contributed by atoms with van der Waals surface area (Å²) in [6, 6.07) is 19.4. The SMILES string of the molecule is O=C(Cc1ccccc1)N1CCCC1c1nnc(-c2ccccc2)o1. The number of amides is 1. The minimum atomic E-state index is -0.124. The molecule has 3 aromatic rings. The zero-order chi connectivity index (χ0) is 17.1. The standard InChI is InChI=1S/C20H19N3O2/c24-18(14-15-8-3-1-4-9-15)23-13-7-12-17(23)20-22-21-19(25-20)16-10-5-2-6-11-16/h1-6,8-11,17H,7,12-14H2. The zero-order valence-electron chi connectivity index (χ0n) is 13.8. The van der Waals surface area contributed by atoms with Crippen molar-refractivity contribution in [1.29, 1.82) is 0 Å². The van der Waals surface area contributed by atoms with Gasteiger partial charge in [0.2, 0.25) is 17.7 Å². The van der Waals surface area contributed by atoms with Gasteiger partial charge in [0.25, 0.3) is 0 Å². The van der Waals surface area contributed by atoms with Crippen molar-refractivity contribution < 1.29 is 9.21 Å². The normalized spacial score (nSPS) is 17.0. The van der Waals surface area contributed by atoms with E-state index in [0.29, 0.717) is 18.2 Å². The molecule has 5 heteroatoms. The van der Waals surface area contributed by atoms with Crippen LogP contribution in [0.2, 0.25) is 0 Å². The molecule has 2 heterocycles. The summed E-state index contributed by atoms with van der Waals surface area (Å²) in [7, 11) is 0. The van der Waals surface area contributed by atoms with E-state index in [4.69, 9.17) is 4.42 Å². The van der Waals surface area contributed by atoms with E-state index >= 15 is 0 Å². The van der Waals surface area contributed by atoms with Gasteiger partial charge < -0.3 is 9.32 Å². The molecule has 0 N–H and O–H groups in total. The number of rotatable bonds is 4. The van der Waals surface area contributed by atoms with Crippen LogP contribution in [0.25, 0.3) is 11.5 Å². The first-order valence-corrected chi connectivity index (χ1v) is 8.53. The molecular weight excluding hydrogens is 314 g/mol. The molecule has 1 aromatic heterocycles. The van der Waals surface area contributed by atoms with Crippen molar-refractivity contribution in [2.45, 2.75) is 25.3 Å². The highest BCUT2D eigenvalue weighted by atomic mass is 16.4. The Labute approximate surface area is 146 Å². The third-order valence-electron chi connectivity index (χ3n) is 4.52. The van der Waals surface area contributed by atoms with Gasteiger partial charge in [0, 0.05) is 12.1 Å². The molecule has 2 aromatic carbocycles. The Bertz CT molecular complexity index is 846. The second-order valence-corrected chi connectivity index (χ2v) is 6.22. The molecule has 1 fully saturated rings. The van der Waals surface area contributed by atoms with Crippen molar-refractivity contribution >= 4 is 5.91 Å². The summed E-state index contributed by atoms with van der Waals surface area (Å²) >= 11 is 0. The third-order valence-corrected chi connectivity index (χ3v) is 4.52. The van der Waals surface area contributed by atoms with Gasteiger partial charge in [0.1, 0.15) is 6.04 Å². The monoisotopic (exact) mass is 333 g/mol. The smallest absolute Gasteiger partial charge is 0.247 e. The summed E-state index contributed by atoms with van der Waals surface area (Å²) in [5, 5.41) is 8.36. The minimum Gasteiger partial charge on any atom is -0.418 e. The maximum atomic E-state index is 12.7. The highest BCUT2D eigenvalue weighted by molar-refractivity contribution is 5.79. The molecule has 0 aliphatic carbocycles. The van der Waals surface area contributed by atoms with Crippen LogP contribution in [0.15, 0.2) is 65.1 Å². The van der Waals surface area contributed by atoms with E-state index in [1.54, 1.807) is 0 Å². The van der Waals surface area contributed by atoms with E-state index in [9.17, 15) is 4.79 Å². The van der Waals surface area contributed by atoms with Crippen molar-refractivity contribution in [2.75, 3.05) is 6.54 Å². The highest BCUT2D eigenvalue weighted by Gasteiger charge is 2.33. The molecule has 1 unspecified atom stereocenters. The summed E-state index contributed by atoms with van der Waals surface area (Å²) in [6.45, 7) is 0.735.